The Morgan fingerprint density at radius 2 is 1.79 bits per heavy atom. The molecular weight excluding hydrogens is 437 g/mol. The van der Waals surface area contributed by atoms with Gasteiger partial charge in [-0.2, -0.15) is 22.8 Å². The Morgan fingerprint density at radius 3 is 2.45 bits per heavy atom. The number of rotatable bonds is 3. The third-order valence-corrected chi connectivity index (χ3v) is 5.43. The van der Waals surface area contributed by atoms with Gasteiger partial charge < -0.3 is 14.1 Å². The number of nitrogens with zero attached hydrogens (tertiary/aromatic N) is 3. The Hall–Kier alpha value is -4.08. The van der Waals surface area contributed by atoms with Gasteiger partial charge in [-0.25, -0.2) is 4.98 Å². The predicted octanol–water partition coefficient (Wildman–Crippen LogP) is 5.14. The van der Waals surface area contributed by atoms with Crippen LogP contribution in [0.25, 0.3) is 39.3 Å². The first-order valence-corrected chi connectivity index (χ1v) is 9.93. The molecule has 0 saturated carbocycles. The Morgan fingerprint density at radius 1 is 1.06 bits per heavy atom. The Bertz CT molecular complexity index is 1580. The van der Waals surface area contributed by atoms with Gasteiger partial charge in [-0.05, 0) is 31.0 Å². The van der Waals surface area contributed by atoms with Crippen LogP contribution in [0.4, 0.5) is 13.2 Å². The summed E-state index contributed by atoms with van der Waals surface area (Å²) in [6, 6.07) is 11.5. The maximum Gasteiger partial charge on any atom is 0.435 e. The topological polar surface area (TPSA) is 85.4 Å². The second kappa shape index (κ2) is 7.22. The quantitative estimate of drug-likeness (QED) is 0.408. The van der Waals surface area contributed by atoms with Crippen LogP contribution in [0.5, 0.6) is 5.75 Å². The van der Waals surface area contributed by atoms with Crippen molar-refractivity contribution in [2.45, 2.75) is 20.0 Å². The number of oxazole rings is 1. The van der Waals surface area contributed by atoms with E-state index in [1.54, 1.807) is 37.3 Å². The minimum absolute atomic E-state index is 0.0192. The van der Waals surface area contributed by atoms with Gasteiger partial charge in [0.25, 0.3) is 5.56 Å². The van der Waals surface area contributed by atoms with Crippen LogP contribution < -0.4 is 10.3 Å². The van der Waals surface area contributed by atoms with E-state index in [4.69, 9.17) is 9.15 Å². The summed E-state index contributed by atoms with van der Waals surface area (Å²) in [5, 5.41) is 3.64. The first-order chi connectivity index (χ1) is 15.7. The minimum Gasteiger partial charge on any atom is -0.494 e. The zero-order valence-electron chi connectivity index (χ0n) is 17.7. The van der Waals surface area contributed by atoms with Crippen molar-refractivity contribution in [2.24, 2.45) is 0 Å². The number of H-pyrrole nitrogens is 1. The maximum atomic E-state index is 13.9. The molecule has 0 aliphatic heterocycles. The molecule has 10 heteroatoms. The van der Waals surface area contributed by atoms with E-state index in [1.165, 1.54) is 19.2 Å². The molecule has 0 atom stereocenters. The number of aryl methyl sites for hydroxylation is 2. The van der Waals surface area contributed by atoms with Crippen LogP contribution in [0.1, 0.15) is 17.0 Å². The number of benzene rings is 2. The Labute approximate surface area is 184 Å². The van der Waals surface area contributed by atoms with Gasteiger partial charge in [0.2, 0.25) is 5.89 Å². The second-order valence-corrected chi connectivity index (χ2v) is 7.56. The fraction of sp³-hybridized carbons (Fsp3) is 0.174. The summed E-state index contributed by atoms with van der Waals surface area (Å²) in [7, 11) is 1.49. The maximum absolute atomic E-state index is 13.9. The van der Waals surface area contributed by atoms with E-state index >= 15 is 0 Å². The lowest BCUT2D eigenvalue weighted by atomic mass is 10.1. The van der Waals surface area contributed by atoms with Gasteiger partial charge in [0.15, 0.2) is 22.5 Å². The molecule has 5 rings (SSSR count). The molecule has 0 unspecified atom stereocenters. The molecule has 0 spiro atoms. The highest BCUT2D eigenvalue weighted by Crippen LogP contribution is 2.39. The van der Waals surface area contributed by atoms with Crippen molar-refractivity contribution in [3.8, 4) is 28.3 Å². The number of aromatic nitrogens is 4. The first kappa shape index (κ1) is 20.8. The lowest BCUT2D eigenvalue weighted by Gasteiger charge is -2.07. The van der Waals surface area contributed by atoms with Crippen LogP contribution >= 0.6 is 0 Å². The van der Waals surface area contributed by atoms with Crippen molar-refractivity contribution in [1.29, 1.82) is 0 Å². The normalized spacial score (nSPS) is 12.1. The minimum atomic E-state index is -4.77. The van der Waals surface area contributed by atoms with Gasteiger partial charge in [-0.1, -0.05) is 36.4 Å². The average Bonchev–Trinajstić information content (AvgIpc) is 3.36. The number of methoxy groups -OCH3 is 1. The van der Waals surface area contributed by atoms with Crippen LogP contribution in [0.15, 0.2) is 51.7 Å². The van der Waals surface area contributed by atoms with Crippen LogP contribution in [0, 0.1) is 13.8 Å². The molecule has 0 saturated heterocycles. The highest BCUT2D eigenvalue weighted by molar-refractivity contribution is 5.85. The van der Waals surface area contributed by atoms with Crippen LogP contribution in [0.3, 0.4) is 0 Å². The van der Waals surface area contributed by atoms with E-state index in [9.17, 15) is 18.0 Å². The first-order valence-electron chi connectivity index (χ1n) is 9.93. The molecule has 0 radical (unpaired) electrons. The Balaban J connectivity index is 1.82. The number of alkyl halides is 3. The second-order valence-electron chi connectivity index (χ2n) is 7.56. The number of fused-ring (bicyclic) bond motifs is 2. The number of halogens is 3. The highest BCUT2D eigenvalue weighted by atomic mass is 19.4. The van der Waals surface area contributed by atoms with E-state index in [1.807, 2.05) is 6.92 Å². The number of hydrogen-bond donors (Lipinski definition) is 1. The van der Waals surface area contributed by atoms with Crippen molar-refractivity contribution >= 4 is 16.7 Å². The van der Waals surface area contributed by atoms with Gasteiger partial charge in [-0.3, -0.25) is 4.79 Å². The monoisotopic (exact) mass is 454 g/mol. The lowest BCUT2D eigenvalue weighted by molar-refractivity contribution is -0.140. The molecule has 5 aromatic rings. The van der Waals surface area contributed by atoms with Crippen molar-refractivity contribution in [3.05, 3.63) is 69.8 Å². The third-order valence-electron chi connectivity index (χ3n) is 5.43. The fourth-order valence-corrected chi connectivity index (χ4v) is 3.95. The smallest absolute Gasteiger partial charge is 0.435 e. The summed E-state index contributed by atoms with van der Waals surface area (Å²) in [6.07, 6.45) is -4.77. The van der Waals surface area contributed by atoms with E-state index in [-0.39, 0.29) is 28.2 Å². The average molecular weight is 454 g/mol. The predicted molar refractivity (Wildman–Crippen MR) is 115 cm³/mol. The van der Waals surface area contributed by atoms with Crippen molar-refractivity contribution in [1.82, 2.24) is 19.6 Å². The third kappa shape index (κ3) is 3.17. The van der Waals surface area contributed by atoms with Gasteiger partial charge >= 0.3 is 6.18 Å². The molecule has 33 heavy (non-hydrogen) atoms. The summed E-state index contributed by atoms with van der Waals surface area (Å²) < 4.78 is 53.4. The number of hydrogen-bond acceptors (Lipinski definition) is 5. The van der Waals surface area contributed by atoms with E-state index in [0.717, 1.165) is 5.56 Å². The molecule has 2 aromatic carbocycles. The molecule has 0 aliphatic carbocycles. The molecule has 0 amide bonds. The summed E-state index contributed by atoms with van der Waals surface area (Å²) >= 11 is 0. The number of nitrogens with one attached hydrogen (secondary N) is 1. The standard InChI is InChI=1S/C23H17F3N4O3/c1-11-9-10-14-17(18(11)32-3)28-21(33-14)15-12(2)27-20-16(13-7-5-4-6-8-13)19(23(24,25)26)29-30(20)22(15)31/h4-10,27H,1-3H3. The zero-order valence-corrected chi connectivity index (χ0v) is 17.7. The number of ether oxygens (including phenoxy) is 1. The largest absolute Gasteiger partial charge is 0.494 e. The molecule has 3 heterocycles. The summed E-state index contributed by atoms with van der Waals surface area (Å²) in [5.74, 6) is 0.447. The van der Waals surface area contributed by atoms with E-state index < -0.39 is 17.4 Å². The van der Waals surface area contributed by atoms with Gasteiger partial charge in [0.05, 0.1) is 12.7 Å². The van der Waals surface area contributed by atoms with E-state index in [0.29, 0.717) is 27.1 Å². The highest BCUT2D eigenvalue weighted by Gasteiger charge is 2.39. The van der Waals surface area contributed by atoms with Crippen LogP contribution in [-0.4, -0.2) is 26.7 Å². The zero-order chi connectivity index (χ0) is 23.5. The molecule has 0 aliphatic rings. The molecule has 3 aromatic heterocycles. The SMILES string of the molecule is COc1c(C)ccc2oc(-c3c(C)[nH]c4c(-c5ccccc5)c(C(F)(F)F)nn4c3=O)nc12. The van der Waals surface area contributed by atoms with Crippen molar-refractivity contribution in [3.63, 3.8) is 0 Å². The van der Waals surface area contributed by atoms with Gasteiger partial charge in [0.1, 0.15) is 11.2 Å². The van der Waals surface area contributed by atoms with Gasteiger partial charge in [-0.15, -0.1) is 0 Å². The molecule has 0 fully saturated rings. The Kier molecular flexibility index (Phi) is 4.55. The molecule has 168 valence electrons. The molecule has 7 nitrogen and oxygen atoms in total. The van der Waals surface area contributed by atoms with Crippen molar-refractivity contribution in [2.75, 3.05) is 7.11 Å². The summed E-state index contributed by atoms with van der Waals surface area (Å²) in [4.78, 5) is 20.7. The molecular formula is C23H17F3N4O3. The van der Waals surface area contributed by atoms with E-state index in [2.05, 4.69) is 15.1 Å². The fourth-order valence-electron chi connectivity index (χ4n) is 3.95. The van der Waals surface area contributed by atoms with Gasteiger partial charge in [0, 0.05) is 5.69 Å². The summed E-state index contributed by atoms with van der Waals surface area (Å²) in [5.41, 5.74) is -0.0425. The lowest BCUT2D eigenvalue weighted by Crippen LogP contribution is -2.20. The van der Waals surface area contributed by atoms with Crippen LogP contribution in [0.2, 0.25) is 0 Å². The van der Waals surface area contributed by atoms with Crippen molar-refractivity contribution < 1.29 is 22.3 Å². The number of aromatic amines is 1. The molecule has 1 N–H and O–H groups in total. The molecule has 0 bridgehead atoms. The summed E-state index contributed by atoms with van der Waals surface area (Å²) in [6.45, 7) is 3.41. The van der Waals surface area contributed by atoms with Crippen LogP contribution in [-0.2, 0) is 6.18 Å².